The van der Waals surface area contributed by atoms with Crippen molar-refractivity contribution in [2.45, 2.75) is 33.6 Å². The van der Waals surface area contributed by atoms with E-state index in [4.69, 9.17) is 0 Å². The topological polar surface area (TPSA) is 24.9 Å². The summed E-state index contributed by atoms with van der Waals surface area (Å²) in [5.41, 5.74) is 1.15. The van der Waals surface area contributed by atoms with Gasteiger partial charge in [0.15, 0.2) is 0 Å². The molecule has 0 fully saturated rings. The fourth-order valence-electron chi connectivity index (χ4n) is 1.18. The van der Waals surface area contributed by atoms with Gasteiger partial charge in [0.25, 0.3) is 0 Å². The van der Waals surface area contributed by atoms with Crippen LogP contribution in [0.25, 0.3) is 0 Å². The maximum atomic E-state index is 4.53. The predicted octanol–water partition coefficient (Wildman–Crippen LogP) is 3.27. The van der Waals surface area contributed by atoms with Crippen molar-refractivity contribution in [1.29, 1.82) is 0 Å². The lowest BCUT2D eigenvalue weighted by atomic mass is 10.1. The number of hydrogen-bond acceptors (Lipinski definition) is 2. The summed E-state index contributed by atoms with van der Waals surface area (Å²) in [6, 6.07) is 6.16. The van der Waals surface area contributed by atoms with Crippen LogP contribution in [0.1, 0.15) is 39.3 Å². The van der Waals surface area contributed by atoms with Crippen molar-refractivity contribution in [1.82, 2.24) is 4.98 Å². The Kier molecular flexibility index (Phi) is 3.93. The molecule has 0 amide bonds. The van der Waals surface area contributed by atoms with Crippen molar-refractivity contribution < 1.29 is 0 Å². The SMILES string of the molecule is CC(C)CNc1cccc(C(C)C)n1. The van der Waals surface area contributed by atoms with E-state index in [1.807, 2.05) is 6.07 Å². The van der Waals surface area contributed by atoms with Gasteiger partial charge in [-0.15, -0.1) is 0 Å². The lowest BCUT2D eigenvalue weighted by molar-refractivity contribution is 0.686. The van der Waals surface area contributed by atoms with Crippen LogP contribution in [0.5, 0.6) is 0 Å². The molecule has 0 aliphatic rings. The fraction of sp³-hybridized carbons (Fsp3) is 0.583. The Bertz CT molecular complexity index is 279. The summed E-state index contributed by atoms with van der Waals surface area (Å²) in [5, 5.41) is 3.33. The Morgan fingerprint density at radius 2 is 1.93 bits per heavy atom. The van der Waals surface area contributed by atoms with Crippen LogP contribution in [-0.4, -0.2) is 11.5 Å². The third-order valence-electron chi connectivity index (χ3n) is 2.05. The van der Waals surface area contributed by atoms with Crippen LogP contribution in [0.15, 0.2) is 18.2 Å². The number of rotatable bonds is 4. The van der Waals surface area contributed by atoms with Crippen molar-refractivity contribution in [3.05, 3.63) is 23.9 Å². The molecule has 1 heterocycles. The molecule has 2 nitrogen and oxygen atoms in total. The molecule has 0 saturated carbocycles. The highest BCUT2D eigenvalue weighted by molar-refractivity contribution is 5.35. The maximum absolute atomic E-state index is 4.53. The number of anilines is 1. The van der Waals surface area contributed by atoms with Gasteiger partial charge in [-0.1, -0.05) is 33.8 Å². The molecular weight excluding hydrogens is 172 g/mol. The fourth-order valence-corrected chi connectivity index (χ4v) is 1.18. The monoisotopic (exact) mass is 192 g/mol. The molecule has 0 spiro atoms. The van der Waals surface area contributed by atoms with Gasteiger partial charge in [0.05, 0.1) is 0 Å². The molecule has 1 N–H and O–H groups in total. The van der Waals surface area contributed by atoms with Gasteiger partial charge in [-0.2, -0.15) is 0 Å². The second-order valence-electron chi connectivity index (χ2n) is 4.38. The van der Waals surface area contributed by atoms with E-state index in [9.17, 15) is 0 Å². The molecular formula is C12H20N2. The first kappa shape index (κ1) is 11.0. The Hall–Kier alpha value is -1.05. The molecule has 0 aliphatic carbocycles. The second kappa shape index (κ2) is 4.99. The first-order chi connectivity index (χ1) is 6.59. The van der Waals surface area contributed by atoms with E-state index < -0.39 is 0 Å². The molecule has 0 radical (unpaired) electrons. The van der Waals surface area contributed by atoms with Crippen LogP contribution in [0.4, 0.5) is 5.82 Å². The van der Waals surface area contributed by atoms with E-state index in [0.29, 0.717) is 11.8 Å². The molecule has 1 rings (SSSR count). The second-order valence-corrected chi connectivity index (χ2v) is 4.38. The highest BCUT2D eigenvalue weighted by Crippen LogP contribution is 2.13. The third-order valence-corrected chi connectivity index (χ3v) is 2.05. The van der Waals surface area contributed by atoms with Crippen molar-refractivity contribution >= 4 is 5.82 Å². The summed E-state index contributed by atoms with van der Waals surface area (Å²) in [4.78, 5) is 4.53. The highest BCUT2D eigenvalue weighted by Gasteiger charge is 2.01. The number of pyridine rings is 1. The molecule has 2 heteroatoms. The average molecular weight is 192 g/mol. The number of hydrogen-bond donors (Lipinski definition) is 1. The molecule has 0 bridgehead atoms. The van der Waals surface area contributed by atoms with E-state index in [1.165, 1.54) is 0 Å². The minimum atomic E-state index is 0.496. The summed E-state index contributed by atoms with van der Waals surface area (Å²) >= 11 is 0. The largest absolute Gasteiger partial charge is 0.370 e. The number of aromatic nitrogens is 1. The van der Waals surface area contributed by atoms with Crippen molar-refractivity contribution in [2.75, 3.05) is 11.9 Å². The van der Waals surface area contributed by atoms with Gasteiger partial charge in [-0.25, -0.2) is 4.98 Å². The van der Waals surface area contributed by atoms with Crippen LogP contribution >= 0.6 is 0 Å². The zero-order chi connectivity index (χ0) is 10.6. The van der Waals surface area contributed by atoms with Crippen molar-refractivity contribution in [3.63, 3.8) is 0 Å². The molecule has 0 saturated heterocycles. The Balaban J connectivity index is 2.64. The molecule has 0 aromatic carbocycles. The van der Waals surface area contributed by atoms with Crippen LogP contribution < -0.4 is 5.32 Å². The molecule has 78 valence electrons. The Morgan fingerprint density at radius 1 is 1.21 bits per heavy atom. The number of nitrogens with zero attached hydrogens (tertiary/aromatic N) is 1. The van der Waals surface area contributed by atoms with E-state index in [2.05, 4.69) is 50.1 Å². The van der Waals surface area contributed by atoms with E-state index in [1.54, 1.807) is 0 Å². The van der Waals surface area contributed by atoms with Crippen LogP contribution in [-0.2, 0) is 0 Å². The standard InChI is InChI=1S/C12H20N2/c1-9(2)8-13-12-7-5-6-11(14-12)10(3)4/h5-7,9-10H,8H2,1-4H3,(H,13,14). The van der Waals surface area contributed by atoms with E-state index >= 15 is 0 Å². The van der Waals surface area contributed by atoms with Gasteiger partial charge >= 0.3 is 0 Å². The zero-order valence-corrected chi connectivity index (χ0v) is 9.54. The molecule has 1 aromatic rings. The molecule has 0 aliphatic heterocycles. The van der Waals surface area contributed by atoms with Gasteiger partial charge in [0, 0.05) is 12.2 Å². The summed E-state index contributed by atoms with van der Waals surface area (Å²) in [7, 11) is 0. The van der Waals surface area contributed by atoms with Gasteiger partial charge in [-0.3, -0.25) is 0 Å². The average Bonchev–Trinajstić information content (AvgIpc) is 2.15. The third kappa shape index (κ3) is 3.36. The van der Waals surface area contributed by atoms with Crippen LogP contribution in [0, 0.1) is 5.92 Å². The lowest BCUT2D eigenvalue weighted by Gasteiger charge is -2.10. The summed E-state index contributed by atoms with van der Waals surface area (Å²) in [5.74, 6) is 2.14. The maximum Gasteiger partial charge on any atom is 0.126 e. The lowest BCUT2D eigenvalue weighted by Crippen LogP contribution is -2.09. The minimum absolute atomic E-state index is 0.496. The van der Waals surface area contributed by atoms with Gasteiger partial charge in [-0.05, 0) is 24.0 Å². The first-order valence-electron chi connectivity index (χ1n) is 5.30. The smallest absolute Gasteiger partial charge is 0.126 e. The Morgan fingerprint density at radius 3 is 2.50 bits per heavy atom. The molecule has 0 atom stereocenters. The van der Waals surface area contributed by atoms with Crippen molar-refractivity contribution in [3.8, 4) is 0 Å². The van der Waals surface area contributed by atoms with Crippen LogP contribution in [0.3, 0.4) is 0 Å². The summed E-state index contributed by atoms with van der Waals surface area (Å²) < 4.78 is 0. The first-order valence-corrected chi connectivity index (χ1v) is 5.30. The predicted molar refractivity (Wildman–Crippen MR) is 61.7 cm³/mol. The van der Waals surface area contributed by atoms with Crippen molar-refractivity contribution in [2.24, 2.45) is 5.92 Å². The highest BCUT2D eigenvalue weighted by atomic mass is 15.0. The normalized spacial score (nSPS) is 11.0. The van der Waals surface area contributed by atoms with E-state index in [0.717, 1.165) is 18.1 Å². The minimum Gasteiger partial charge on any atom is -0.370 e. The Labute approximate surface area is 86.8 Å². The van der Waals surface area contributed by atoms with Crippen LogP contribution in [0.2, 0.25) is 0 Å². The van der Waals surface area contributed by atoms with Gasteiger partial charge in [0.2, 0.25) is 0 Å². The quantitative estimate of drug-likeness (QED) is 0.792. The zero-order valence-electron chi connectivity index (χ0n) is 9.54. The summed E-state index contributed by atoms with van der Waals surface area (Å²) in [6.07, 6.45) is 0. The molecule has 0 unspecified atom stereocenters. The molecule has 1 aromatic heterocycles. The molecule has 14 heavy (non-hydrogen) atoms. The van der Waals surface area contributed by atoms with Gasteiger partial charge in [0.1, 0.15) is 5.82 Å². The van der Waals surface area contributed by atoms with Gasteiger partial charge < -0.3 is 5.32 Å². The number of nitrogens with one attached hydrogen (secondary N) is 1. The van der Waals surface area contributed by atoms with E-state index in [-0.39, 0.29) is 0 Å². The summed E-state index contributed by atoms with van der Waals surface area (Å²) in [6.45, 7) is 9.69.